The molecule has 0 aliphatic rings. The Morgan fingerprint density at radius 1 is 0.870 bits per heavy atom. The van der Waals surface area contributed by atoms with Gasteiger partial charge in [-0.15, -0.1) is 0 Å². The Hall–Kier alpha value is -4.34. The van der Waals surface area contributed by atoms with Gasteiger partial charge in [-0.1, -0.05) is 96.4 Å². The number of carbonyl (C=O) groups is 2. The van der Waals surface area contributed by atoms with Crippen molar-refractivity contribution in [3.8, 4) is 5.75 Å². The van der Waals surface area contributed by atoms with Crippen LogP contribution in [-0.4, -0.2) is 51.4 Å². The summed E-state index contributed by atoms with van der Waals surface area (Å²) in [5, 5.41) is 3.14. The number of sulfonamides is 1. The number of nitrogens with zero attached hydrogens (tertiary/aromatic N) is 2. The third-order valence-electron chi connectivity index (χ3n) is 7.57. The molecule has 242 valence electrons. The average Bonchev–Trinajstić information content (AvgIpc) is 3.04. The second-order valence-electron chi connectivity index (χ2n) is 11.2. The molecule has 46 heavy (non-hydrogen) atoms. The van der Waals surface area contributed by atoms with Crippen molar-refractivity contribution >= 4 is 39.1 Å². The zero-order valence-electron chi connectivity index (χ0n) is 26.6. The predicted octanol–water partition coefficient (Wildman–Crippen LogP) is 6.33. The van der Waals surface area contributed by atoms with Gasteiger partial charge in [0.2, 0.25) is 11.8 Å². The number of halogens is 1. The molecule has 1 unspecified atom stereocenters. The summed E-state index contributed by atoms with van der Waals surface area (Å²) in [5.74, 6) is -0.495. The fourth-order valence-electron chi connectivity index (χ4n) is 5.10. The number of anilines is 1. The molecular weight excluding hydrogens is 622 g/mol. The monoisotopic (exact) mass is 661 g/mol. The summed E-state index contributed by atoms with van der Waals surface area (Å²) in [6.07, 6.45) is 0.962. The van der Waals surface area contributed by atoms with Crippen LogP contribution in [0.25, 0.3) is 0 Å². The normalized spacial score (nSPS) is 11.8. The van der Waals surface area contributed by atoms with Crippen LogP contribution < -0.4 is 14.4 Å². The summed E-state index contributed by atoms with van der Waals surface area (Å²) in [4.78, 5) is 29.8. The van der Waals surface area contributed by atoms with Crippen LogP contribution in [0.3, 0.4) is 0 Å². The minimum absolute atomic E-state index is 0.0181. The standard InChI is InChI=1S/C36H40ClN3O5S/c1-5-20-38-36(42)33(22-28-11-7-6-8-12-28)39(24-29-13-9-10-27(3)21-29)35(41)25-40(30-16-19-34(45-4)32(37)23-30)46(43,44)31-17-14-26(2)15-18-31/h6-19,21,23,33H,5,20,22,24-25H2,1-4H3,(H,38,42). The van der Waals surface area contributed by atoms with Crippen molar-refractivity contribution in [1.82, 2.24) is 10.2 Å². The first kappa shape index (κ1) is 34.5. The van der Waals surface area contributed by atoms with E-state index in [2.05, 4.69) is 5.32 Å². The van der Waals surface area contributed by atoms with Crippen LogP contribution in [-0.2, 0) is 32.6 Å². The van der Waals surface area contributed by atoms with Gasteiger partial charge in [0.05, 0.1) is 22.7 Å². The molecule has 4 aromatic carbocycles. The van der Waals surface area contributed by atoms with E-state index in [1.807, 2.05) is 75.4 Å². The maximum absolute atomic E-state index is 14.5. The SMILES string of the molecule is CCCNC(=O)C(Cc1ccccc1)N(Cc1cccc(C)c1)C(=O)CN(c1ccc(OC)c(Cl)c1)S(=O)(=O)c1ccc(C)cc1. The Balaban J connectivity index is 1.82. The maximum Gasteiger partial charge on any atom is 0.264 e. The zero-order valence-corrected chi connectivity index (χ0v) is 28.1. The lowest BCUT2D eigenvalue weighted by Gasteiger charge is -2.34. The van der Waals surface area contributed by atoms with Crippen molar-refractivity contribution < 1.29 is 22.7 Å². The smallest absolute Gasteiger partial charge is 0.264 e. The molecule has 4 rings (SSSR count). The van der Waals surface area contributed by atoms with Gasteiger partial charge in [0.1, 0.15) is 18.3 Å². The predicted molar refractivity (Wildman–Crippen MR) is 183 cm³/mol. The Morgan fingerprint density at radius 3 is 2.20 bits per heavy atom. The highest BCUT2D eigenvalue weighted by Gasteiger charge is 2.34. The van der Waals surface area contributed by atoms with Gasteiger partial charge < -0.3 is 15.0 Å². The minimum Gasteiger partial charge on any atom is -0.495 e. The topological polar surface area (TPSA) is 96.0 Å². The third kappa shape index (κ3) is 8.68. The molecule has 0 saturated heterocycles. The van der Waals surface area contributed by atoms with Crippen LogP contribution in [0.15, 0.2) is 102 Å². The molecule has 0 aromatic heterocycles. The number of amides is 2. The molecule has 0 saturated carbocycles. The van der Waals surface area contributed by atoms with E-state index in [4.69, 9.17) is 16.3 Å². The maximum atomic E-state index is 14.5. The van der Waals surface area contributed by atoms with E-state index < -0.39 is 28.5 Å². The molecule has 0 fully saturated rings. The third-order valence-corrected chi connectivity index (χ3v) is 9.65. The summed E-state index contributed by atoms with van der Waals surface area (Å²) >= 11 is 6.45. The molecule has 1 atom stereocenters. The number of benzene rings is 4. The number of hydrogen-bond donors (Lipinski definition) is 1. The largest absolute Gasteiger partial charge is 0.495 e. The van der Waals surface area contributed by atoms with Crippen LogP contribution in [0.4, 0.5) is 5.69 Å². The van der Waals surface area contributed by atoms with Crippen LogP contribution in [0.1, 0.15) is 35.6 Å². The lowest BCUT2D eigenvalue weighted by molar-refractivity contribution is -0.140. The van der Waals surface area contributed by atoms with Crippen molar-refractivity contribution in [2.75, 3.05) is 24.5 Å². The van der Waals surface area contributed by atoms with Gasteiger partial charge in [0.25, 0.3) is 10.0 Å². The van der Waals surface area contributed by atoms with Crippen molar-refractivity contribution in [2.45, 2.75) is 51.1 Å². The van der Waals surface area contributed by atoms with Crippen LogP contribution in [0, 0.1) is 13.8 Å². The van der Waals surface area contributed by atoms with Crippen molar-refractivity contribution in [3.05, 3.63) is 124 Å². The number of methoxy groups -OCH3 is 1. The van der Waals surface area contributed by atoms with Gasteiger partial charge >= 0.3 is 0 Å². The second kappa shape index (κ2) is 15.8. The number of carbonyl (C=O) groups excluding carboxylic acids is 2. The highest BCUT2D eigenvalue weighted by molar-refractivity contribution is 7.92. The zero-order chi connectivity index (χ0) is 33.3. The molecular formula is C36H40ClN3O5S. The average molecular weight is 662 g/mol. The molecule has 0 aliphatic heterocycles. The second-order valence-corrected chi connectivity index (χ2v) is 13.4. The lowest BCUT2D eigenvalue weighted by Crippen LogP contribution is -2.53. The lowest BCUT2D eigenvalue weighted by atomic mass is 10.0. The molecule has 1 N–H and O–H groups in total. The van der Waals surface area contributed by atoms with E-state index in [1.54, 1.807) is 24.3 Å². The Kier molecular flexibility index (Phi) is 11.8. The summed E-state index contributed by atoms with van der Waals surface area (Å²) in [6.45, 7) is 5.73. The van der Waals surface area contributed by atoms with Gasteiger partial charge in [0, 0.05) is 19.5 Å². The van der Waals surface area contributed by atoms with E-state index in [-0.39, 0.29) is 34.5 Å². The molecule has 0 heterocycles. The summed E-state index contributed by atoms with van der Waals surface area (Å²) in [6, 6.07) is 27.2. The number of hydrogen-bond acceptors (Lipinski definition) is 5. The van der Waals surface area contributed by atoms with E-state index in [9.17, 15) is 18.0 Å². The number of aryl methyl sites for hydroxylation is 2. The Labute approximate surface area is 277 Å². The minimum atomic E-state index is -4.25. The highest BCUT2D eigenvalue weighted by atomic mass is 35.5. The van der Waals surface area contributed by atoms with Crippen LogP contribution in [0.2, 0.25) is 5.02 Å². The first-order chi connectivity index (χ1) is 22.0. The van der Waals surface area contributed by atoms with E-state index in [0.29, 0.717) is 12.3 Å². The number of nitrogens with one attached hydrogen (secondary N) is 1. The van der Waals surface area contributed by atoms with Crippen molar-refractivity contribution in [3.63, 3.8) is 0 Å². The van der Waals surface area contributed by atoms with Crippen LogP contribution >= 0.6 is 11.6 Å². The first-order valence-corrected chi connectivity index (χ1v) is 16.9. The van der Waals surface area contributed by atoms with E-state index in [1.165, 1.54) is 30.2 Å². The van der Waals surface area contributed by atoms with Gasteiger partial charge in [-0.2, -0.15) is 0 Å². The van der Waals surface area contributed by atoms with Crippen LogP contribution in [0.5, 0.6) is 5.75 Å². The van der Waals surface area contributed by atoms with Crippen molar-refractivity contribution in [1.29, 1.82) is 0 Å². The molecule has 0 bridgehead atoms. The highest BCUT2D eigenvalue weighted by Crippen LogP contribution is 2.32. The first-order valence-electron chi connectivity index (χ1n) is 15.1. The number of ether oxygens (including phenoxy) is 1. The summed E-state index contributed by atoms with van der Waals surface area (Å²) < 4.78 is 34.7. The van der Waals surface area contributed by atoms with Gasteiger partial charge in [-0.3, -0.25) is 13.9 Å². The summed E-state index contributed by atoms with van der Waals surface area (Å²) in [7, 11) is -2.79. The Morgan fingerprint density at radius 2 is 1.57 bits per heavy atom. The quantitative estimate of drug-likeness (QED) is 0.171. The van der Waals surface area contributed by atoms with Gasteiger partial charge in [-0.25, -0.2) is 8.42 Å². The molecule has 0 aliphatic carbocycles. The van der Waals surface area contributed by atoms with E-state index >= 15 is 0 Å². The van der Waals surface area contributed by atoms with Gasteiger partial charge in [0.15, 0.2) is 0 Å². The molecule has 0 spiro atoms. The van der Waals surface area contributed by atoms with Gasteiger partial charge in [-0.05, 0) is 61.7 Å². The van der Waals surface area contributed by atoms with E-state index in [0.717, 1.165) is 33.0 Å². The molecule has 0 radical (unpaired) electrons. The summed E-state index contributed by atoms with van der Waals surface area (Å²) in [5.41, 5.74) is 3.75. The molecule has 4 aromatic rings. The molecule has 2 amide bonds. The van der Waals surface area contributed by atoms with Crippen molar-refractivity contribution in [2.24, 2.45) is 0 Å². The molecule has 10 heteroatoms. The molecule has 8 nitrogen and oxygen atoms in total. The Bertz CT molecular complexity index is 1750. The fraction of sp³-hybridized carbons (Fsp3) is 0.278. The fourth-order valence-corrected chi connectivity index (χ4v) is 6.76. The number of rotatable bonds is 14.